The van der Waals surface area contributed by atoms with E-state index < -0.39 is 0 Å². The summed E-state index contributed by atoms with van der Waals surface area (Å²) in [6.45, 7) is 14.6. The molecule has 3 rings (SSSR count). The molecule has 0 amide bonds. The molecule has 0 spiro atoms. The molecule has 108 valence electrons. The summed E-state index contributed by atoms with van der Waals surface area (Å²) >= 11 is 0. The average Bonchev–Trinajstić information content (AvgIpc) is 2.65. The van der Waals surface area contributed by atoms with Crippen LogP contribution in [0.3, 0.4) is 0 Å². The highest BCUT2D eigenvalue weighted by Gasteiger charge is 2.13. The first-order valence-electron chi connectivity index (χ1n) is 6.72. The summed E-state index contributed by atoms with van der Waals surface area (Å²) in [6, 6.07) is 10.5. The minimum atomic E-state index is -0.190. The van der Waals surface area contributed by atoms with Crippen molar-refractivity contribution in [3.8, 4) is 12.1 Å². The van der Waals surface area contributed by atoms with Crippen LogP contribution in [-0.4, -0.2) is 9.97 Å². The SMILES string of the molecule is [C-]#[N+]C(C#N)=c1c(=C(C#N)[N+]#[C-])c2cccnc2c2ncccc12. The maximum Gasteiger partial charge on any atom is 0.269 e. The predicted molar refractivity (Wildman–Crippen MR) is 87.5 cm³/mol. The van der Waals surface area contributed by atoms with Gasteiger partial charge in [0.05, 0.1) is 36.3 Å². The first kappa shape index (κ1) is 14.7. The summed E-state index contributed by atoms with van der Waals surface area (Å²) in [7, 11) is 0. The fraction of sp³-hybridized carbons (Fsp3) is 0. The Labute approximate surface area is 136 Å². The lowest BCUT2D eigenvalue weighted by Crippen LogP contribution is -2.30. The fourth-order valence-corrected chi connectivity index (χ4v) is 2.63. The Morgan fingerprint density at radius 2 is 1.25 bits per heavy atom. The first-order chi connectivity index (χ1) is 11.8. The van der Waals surface area contributed by atoms with E-state index in [1.807, 2.05) is 12.1 Å². The number of rotatable bonds is 0. The van der Waals surface area contributed by atoms with E-state index in [9.17, 15) is 10.5 Å². The van der Waals surface area contributed by atoms with Crippen molar-refractivity contribution in [1.82, 2.24) is 9.97 Å². The molecule has 0 saturated heterocycles. The summed E-state index contributed by atoms with van der Waals surface area (Å²) in [5.74, 6) is 0. The molecule has 2 heterocycles. The van der Waals surface area contributed by atoms with Crippen molar-refractivity contribution in [1.29, 1.82) is 10.5 Å². The minimum absolute atomic E-state index is 0.190. The molecule has 0 radical (unpaired) electrons. The first-order valence-corrected chi connectivity index (χ1v) is 6.72. The second-order valence-corrected chi connectivity index (χ2v) is 4.69. The third-order valence-corrected chi connectivity index (χ3v) is 3.54. The third kappa shape index (κ3) is 2.01. The zero-order valence-electron chi connectivity index (χ0n) is 12.1. The largest absolute Gasteiger partial charge is 0.269 e. The highest BCUT2D eigenvalue weighted by atomic mass is 14.7. The lowest BCUT2D eigenvalue weighted by Gasteiger charge is -2.06. The van der Waals surface area contributed by atoms with E-state index in [0.717, 1.165) is 0 Å². The zero-order chi connectivity index (χ0) is 17.1. The average molecular weight is 306 g/mol. The maximum absolute atomic E-state index is 9.36. The number of nitriles is 2. The van der Waals surface area contributed by atoms with E-state index in [4.69, 9.17) is 13.1 Å². The Balaban J connectivity index is 2.99. The Hall–Kier alpha value is -4.26. The van der Waals surface area contributed by atoms with Crippen molar-refractivity contribution in [2.75, 3.05) is 0 Å². The van der Waals surface area contributed by atoms with E-state index in [-0.39, 0.29) is 21.8 Å². The summed E-state index contributed by atoms with van der Waals surface area (Å²) < 4.78 is 0. The monoisotopic (exact) mass is 306 g/mol. The normalized spacial score (nSPS) is 12.5. The molecule has 0 aliphatic heterocycles. The van der Waals surface area contributed by atoms with Gasteiger partial charge >= 0.3 is 0 Å². The van der Waals surface area contributed by atoms with Gasteiger partial charge in [0, 0.05) is 12.4 Å². The van der Waals surface area contributed by atoms with Crippen LogP contribution in [0.4, 0.5) is 0 Å². The van der Waals surface area contributed by atoms with Gasteiger partial charge in [-0.05, 0) is 33.3 Å². The number of pyridine rings is 2. The molecule has 0 atom stereocenters. The zero-order valence-corrected chi connectivity index (χ0v) is 12.1. The summed E-state index contributed by atoms with van der Waals surface area (Å²) in [5.41, 5.74) is 0.659. The van der Waals surface area contributed by atoms with E-state index in [1.54, 1.807) is 36.7 Å². The molecule has 24 heavy (non-hydrogen) atoms. The van der Waals surface area contributed by atoms with Crippen molar-refractivity contribution in [3.63, 3.8) is 0 Å². The van der Waals surface area contributed by atoms with Crippen molar-refractivity contribution in [2.45, 2.75) is 0 Å². The molecule has 0 bridgehead atoms. The highest BCUT2D eigenvalue weighted by Crippen LogP contribution is 2.17. The van der Waals surface area contributed by atoms with Gasteiger partial charge in [-0.1, -0.05) is 12.1 Å². The molecule has 0 fully saturated rings. The van der Waals surface area contributed by atoms with E-state index >= 15 is 0 Å². The van der Waals surface area contributed by atoms with E-state index in [0.29, 0.717) is 21.8 Å². The van der Waals surface area contributed by atoms with Gasteiger partial charge in [0.1, 0.15) is 0 Å². The second-order valence-electron chi connectivity index (χ2n) is 4.69. The summed E-state index contributed by atoms with van der Waals surface area (Å²) in [4.78, 5) is 15.2. The topological polar surface area (TPSA) is 82.1 Å². The number of benzene rings is 1. The van der Waals surface area contributed by atoms with Gasteiger partial charge in [0.15, 0.2) is 0 Å². The third-order valence-electron chi connectivity index (χ3n) is 3.54. The van der Waals surface area contributed by atoms with Crippen molar-refractivity contribution < 1.29 is 0 Å². The van der Waals surface area contributed by atoms with Crippen LogP contribution in [0.15, 0.2) is 36.7 Å². The van der Waals surface area contributed by atoms with Gasteiger partial charge in [-0.3, -0.25) is 9.97 Å². The van der Waals surface area contributed by atoms with E-state index in [2.05, 4.69) is 19.7 Å². The van der Waals surface area contributed by atoms with Crippen LogP contribution < -0.4 is 10.4 Å². The van der Waals surface area contributed by atoms with Crippen molar-refractivity contribution in [2.24, 2.45) is 0 Å². The van der Waals surface area contributed by atoms with Gasteiger partial charge in [0.25, 0.3) is 11.4 Å². The smallest absolute Gasteiger partial charge is 0.254 e. The number of aromatic nitrogens is 2. The van der Waals surface area contributed by atoms with Crippen molar-refractivity contribution in [3.05, 3.63) is 69.9 Å². The number of fused-ring (bicyclic) bond motifs is 3. The molecule has 3 aromatic rings. The molecular weight excluding hydrogens is 300 g/mol. The fourth-order valence-electron chi connectivity index (χ4n) is 2.63. The van der Waals surface area contributed by atoms with Gasteiger partial charge in [0.2, 0.25) is 0 Å². The van der Waals surface area contributed by atoms with Gasteiger partial charge < -0.3 is 0 Å². The van der Waals surface area contributed by atoms with Gasteiger partial charge in [-0.15, -0.1) is 0 Å². The molecule has 0 N–H and O–H groups in total. The second kappa shape index (κ2) is 5.85. The number of hydrogen-bond acceptors (Lipinski definition) is 4. The summed E-state index contributed by atoms with van der Waals surface area (Å²) in [5, 5.41) is 20.3. The van der Waals surface area contributed by atoms with Gasteiger partial charge in [-0.2, -0.15) is 0 Å². The van der Waals surface area contributed by atoms with Crippen LogP contribution in [0.1, 0.15) is 0 Å². The Bertz CT molecular complexity index is 1160. The Morgan fingerprint density at radius 1 is 0.833 bits per heavy atom. The Morgan fingerprint density at radius 3 is 1.58 bits per heavy atom. The predicted octanol–water partition coefficient (Wildman–Crippen LogP) is 1.89. The van der Waals surface area contributed by atoms with E-state index in [1.165, 1.54) is 0 Å². The van der Waals surface area contributed by atoms with Crippen molar-refractivity contribution >= 4 is 33.2 Å². The lowest BCUT2D eigenvalue weighted by atomic mass is 10.0. The Kier molecular flexibility index (Phi) is 3.58. The molecule has 2 aromatic heterocycles. The van der Waals surface area contributed by atoms with Crippen LogP contribution in [0.2, 0.25) is 0 Å². The molecule has 1 aromatic carbocycles. The lowest BCUT2D eigenvalue weighted by molar-refractivity contribution is 1.36. The molecule has 0 aliphatic carbocycles. The quantitative estimate of drug-likeness (QED) is 0.469. The number of nitrogens with zero attached hydrogens (tertiary/aromatic N) is 6. The molecule has 0 unspecified atom stereocenters. The maximum atomic E-state index is 9.36. The molecule has 6 nitrogen and oxygen atoms in total. The standard InChI is InChI=1S/C18H6N6/c1-21-13(9-19)15-11-5-3-7-23-17(11)18-12(6-4-8-24-18)16(15)14(10-20)22-2/h3-8H. The van der Waals surface area contributed by atoms with Gasteiger partial charge in [-0.25, -0.2) is 20.2 Å². The van der Waals surface area contributed by atoms with Crippen LogP contribution in [-0.2, 0) is 0 Å². The minimum Gasteiger partial charge on any atom is -0.254 e. The number of hydrogen-bond donors (Lipinski definition) is 0. The van der Waals surface area contributed by atoms with Crippen LogP contribution >= 0.6 is 0 Å². The van der Waals surface area contributed by atoms with Crippen LogP contribution in [0, 0.1) is 35.8 Å². The molecule has 0 aliphatic rings. The molecular formula is C18H6N6. The van der Waals surface area contributed by atoms with Crippen LogP contribution in [0.25, 0.3) is 42.9 Å². The molecule has 6 heteroatoms. The summed E-state index contributed by atoms with van der Waals surface area (Å²) in [6.07, 6.45) is 3.18. The van der Waals surface area contributed by atoms with Crippen LogP contribution in [0.5, 0.6) is 0 Å². The molecule has 0 saturated carbocycles. The highest BCUT2D eigenvalue weighted by molar-refractivity contribution is 6.05.